The van der Waals surface area contributed by atoms with Gasteiger partial charge in [-0.05, 0) is 6.07 Å². The van der Waals surface area contributed by atoms with E-state index in [2.05, 4.69) is 4.98 Å². The van der Waals surface area contributed by atoms with Crippen molar-refractivity contribution in [1.29, 1.82) is 0 Å². The number of ether oxygens (including phenoxy) is 1. The minimum Gasteiger partial charge on any atom is -0.426 e. The topological polar surface area (TPSA) is 97.8 Å². The Hall–Kier alpha value is -1.84. The normalized spacial score (nSPS) is 25.9. The summed E-state index contributed by atoms with van der Waals surface area (Å²) in [5.74, 6) is -2.93. The molecule has 0 spiro atoms. The highest BCUT2D eigenvalue weighted by Gasteiger charge is 2.52. The lowest BCUT2D eigenvalue weighted by Gasteiger charge is -2.24. The van der Waals surface area contributed by atoms with E-state index in [0.717, 1.165) is 11.8 Å². The third-order valence-corrected chi connectivity index (χ3v) is 5.54. The predicted molar refractivity (Wildman–Crippen MR) is 96.1 cm³/mol. The summed E-state index contributed by atoms with van der Waals surface area (Å²) in [6.07, 6.45) is -2.50. The molecule has 2 aliphatic heterocycles. The molecule has 3 heterocycles. The molecule has 2 aromatic rings. The van der Waals surface area contributed by atoms with Gasteiger partial charge in [0.15, 0.2) is 0 Å². The van der Waals surface area contributed by atoms with Gasteiger partial charge < -0.3 is 15.0 Å². The quantitative estimate of drug-likeness (QED) is 0.739. The van der Waals surface area contributed by atoms with Crippen LogP contribution in [0.3, 0.4) is 0 Å². The van der Waals surface area contributed by atoms with E-state index >= 15 is 0 Å². The van der Waals surface area contributed by atoms with Crippen LogP contribution < -0.4 is 15.9 Å². The number of nitrogens with zero attached hydrogens (tertiary/aromatic N) is 2. The van der Waals surface area contributed by atoms with Gasteiger partial charge in [-0.15, -0.1) is 0 Å². The summed E-state index contributed by atoms with van der Waals surface area (Å²) in [6.45, 7) is 0.113. The van der Waals surface area contributed by atoms with Crippen LogP contribution in [0.5, 0.6) is 5.75 Å². The first kappa shape index (κ1) is 19.5. The molecule has 0 radical (unpaired) electrons. The summed E-state index contributed by atoms with van der Waals surface area (Å²) < 4.78 is 51.3. The lowest BCUT2D eigenvalue weighted by molar-refractivity contribution is -0.119. The molecule has 1 saturated heterocycles. The van der Waals surface area contributed by atoms with Crippen molar-refractivity contribution in [2.24, 2.45) is 0 Å². The number of rotatable bonds is 4. The highest BCUT2D eigenvalue weighted by atomic mass is 35.5. The fourth-order valence-electron chi connectivity index (χ4n) is 2.88. The first-order valence-electron chi connectivity index (χ1n) is 8.23. The number of alkyl halides is 2. The van der Waals surface area contributed by atoms with Gasteiger partial charge in [0.05, 0.1) is 24.3 Å². The van der Waals surface area contributed by atoms with Crippen molar-refractivity contribution < 1.29 is 27.1 Å². The molecule has 1 fully saturated rings. The van der Waals surface area contributed by atoms with Gasteiger partial charge >= 0.3 is 14.3 Å². The van der Waals surface area contributed by atoms with Gasteiger partial charge in [0.25, 0.3) is 5.92 Å². The number of halogens is 3. The number of anilines is 1. The fourth-order valence-corrected chi connectivity index (χ4v) is 4.07. The van der Waals surface area contributed by atoms with E-state index < -0.39 is 39.0 Å². The Morgan fingerprint density at radius 2 is 2.21 bits per heavy atom. The molecule has 28 heavy (non-hydrogen) atoms. The van der Waals surface area contributed by atoms with E-state index in [4.69, 9.17) is 35.6 Å². The molecule has 0 amide bonds. The zero-order valence-electron chi connectivity index (χ0n) is 14.3. The van der Waals surface area contributed by atoms with Crippen LogP contribution in [0.4, 0.5) is 14.6 Å². The maximum Gasteiger partial charge on any atom is 0.397 e. The van der Waals surface area contributed by atoms with Gasteiger partial charge in [-0.25, -0.2) is 13.6 Å². The van der Waals surface area contributed by atoms with Crippen molar-refractivity contribution in [3.05, 3.63) is 51.5 Å². The molecule has 8 nitrogen and oxygen atoms in total. The van der Waals surface area contributed by atoms with Gasteiger partial charge in [0, 0.05) is 18.2 Å². The molecule has 0 aliphatic carbocycles. The summed E-state index contributed by atoms with van der Waals surface area (Å²) in [5, 5.41) is -0.121. The van der Waals surface area contributed by atoms with Crippen LogP contribution >= 0.6 is 20.2 Å². The smallest absolute Gasteiger partial charge is 0.397 e. The van der Waals surface area contributed by atoms with Crippen molar-refractivity contribution in [1.82, 2.24) is 9.55 Å². The number of nitrogen functional groups attached to an aromatic ring is 1. The number of hydrogen-bond donors (Lipinski definition) is 1. The van der Waals surface area contributed by atoms with Crippen LogP contribution in [-0.2, 0) is 20.4 Å². The van der Waals surface area contributed by atoms with E-state index in [0.29, 0.717) is 16.9 Å². The van der Waals surface area contributed by atoms with Gasteiger partial charge in [-0.3, -0.25) is 13.6 Å². The number of nitrogens with two attached hydrogens (primary N) is 1. The zero-order valence-corrected chi connectivity index (χ0v) is 15.9. The minimum absolute atomic E-state index is 0.121. The summed E-state index contributed by atoms with van der Waals surface area (Å²) >= 11 is 5.79. The number of fused-ring (bicyclic) bond motifs is 1. The van der Waals surface area contributed by atoms with Crippen LogP contribution in [0.15, 0.2) is 35.3 Å². The lowest BCUT2D eigenvalue weighted by Crippen LogP contribution is -2.35. The van der Waals surface area contributed by atoms with Gasteiger partial charge in [-0.1, -0.05) is 29.8 Å². The Morgan fingerprint density at radius 3 is 3.04 bits per heavy atom. The predicted octanol–water partition coefficient (Wildman–Crippen LogP) is 3.25. The van der Waals surface area contributed by atoms with Crippen molar-refractivity contribution in [2.75, 3.05) is 12.3 Å². The second-order valence-corrected chi connectivity index (χ2v) is 7.78. The van der Waals surface area contributed by atoms with Crippen LogP contribution in [0.1, 0.15) is 18.2 Å². The van der Waals surface area contributed by atoms with E-state index in [9.17, 15) is 13.6 Å². The lowest BCUT2D eigenvalue weighted by atomic mass is 10.2. The molecule has 0 bridgehead atoms. The van der Waals surface area contributed by atoms with Crippen LogP contribution in [0, 0.1) is 0 Å². The Labute approximate surface area is 164 Å². The standard InChI is InChI=1S/C16H15ClF2N3O5P/c17-11-6-22(15(23)21-13(11)20)14-16(18,19)5-10(26-14)8-25-28-24-7-9-3-1-2-4-12(9)27-28/h1-4,6,10,14H,5,7-8H2,(H2,20,21,23). The summed E-state index contributed by atoms with van der Waals surface area (Å²) in [7, 11) is -1.73. The van der Waals surface area contributed by atoms with E-state index in [1.165, 1.54) is 0 Å². The van der Waals surface area contributed by atoms with Crippen molar-refractivity contribution in [3.8, 4) is 5.75 Å². The molecule has 2 aliphatic rings. The second-order valence-electron chi connectivity index (χ2n) is 6.23. The molecule has 3 atom stereocenters. The number of benzene rings is 1. The van der Waals surface area contributed by atoms with Gasteiger partial charge in [-0.2, -0.15) is 4.98 Å². The maximum atomic E-state index is 14.4. The fraction of sp³-hybridized carbons (Fsp3) is 0.375. The number of hydrogen-bond acceptors (Lipinski definition) is 7. The average molecular weight is 434 g/mol. The molecule has 1 aromatic heterocycles. The third-order valence-electron chi connectivity index (χ3n) is 4.21. The molecule has 1 aromatic carbocycles. The molecule has 2 N–H and O–H groups in total. The molecule has 4 rings (SSSR count). The maximum absolute atomic E-state index is 14.4. The Kier molecular flexibility index (Phi) is 5.24. The minimum atomic E-state index is -3.33. The zero-order chi connectivity index (χ0) is 19.9. The van der Waals surface area contributed by atoms with Crippen LogP contribution in [-0.4, -0.2) is 28.2 Å². The van der Waals surface area contributed by atoms with E-state index in [-0.39, 0.29) is 17.4 Å². The molecular weight excluding hydrogens is 419 g/mol. The largest absolute Gasteiger partial charge is 0.426 e. The molecule has 150 valence electrons. The van der Waals surface area contributed by atoms with Crippen molar-refractivity contribution in [3.63, 3.8) is 0 Å². The first-order chi connectivity index (χ1) is 13.3. The van der Waals surface area contributed by atoms with Gasteiger partial charge in [0.1, 0.15) is 11.6 Å². The number of para-hydroxylation sites is 1. The van der Waals surface area contributed by atoms with E-state index in [1.54, 1.807) is 6.07 Å². The molecule has 0 saturated carbocycles. The van der Waals surface area contributed by atoms with Crippen LogP contribution in [0.25, 0.3) is 0 Å². The highest BCUT2D eigenvalue weighted by molar-refractivity contribution is 7.42. The Bertz CT molecular complexity index is 947. The average Bonchev–Trinajstić information content (AvgIpc) is 2.97. The highest BCUT2D eigenvalue weighted by Crippen LogP contribution is 2.48. The Balaban J connectivity index is 1.41. The summed E-state index contributed by atoms with van der Waals surface area (Å²) in [5.41, 5.74) is 5.31. The molecule has 12 heteroatoms. The summed E-state index contributed by atoms with van der Waals surface area (Å²) in [4.78, 5) is 15.3. The van der Waals surface area contributed by atoms with E-state index in [1.807, 2.05) is 18.2 Å². The first-order valence-corrected chi connectivity index (χ1v) is 9.70. The summed E-state index contributed by atoms with van der Waals surface area (Å²) in [6, 6.07) is 7.30. The Morgan fingerprint density at radius 1 is 1.43 bits per heavy atom. The van der Waals surface area contributed by atoms with Gasteiger partial charge in [0.2, 0.25) is 6.23 Å². The number of aromatic nitrogens is 2. The molecule has 3 unspecified atom stereocenters. The van der Waals surface area contributed by atoms with Crippen molar-refractivity contribution in [2.45, 2.75) is 31.3 Å². The molecular formula is C16H15ClF2N3O5P. The second kappa shape index (κ2) is 7.53. The van der Waals surface area contributed by atoms with Crippen LogP contribution in [0.2, 0.25) is 5.02 Å². The third kappa shape index (κ3) is 3.83. The SMILES string of the molecule is Nc1nc(=O)n(C2OC(COP3OCc4ccccc4O3)CC2(F)F)cc1Cl. The van der Waals surface area contributed by atoms with Crippen molar-refractivity contribution >= 4 is 26.0 Å². The monoisotopic (exact) mass is 433 g/mol.